The van der Waals surface area contributed by atoms with E-state index in [4.69, 9.17) is 16.9 Å². The Morgan fingerprint density at radius 3 is 2.62 bits per heavy atom. The Kier molecular flexibility index (Phi) is 6.50. The molecule has 3 N–H and O–H groups in total. The van der Waals surface area contributed by atoms with Crippen molar-refractivity contribution in [3.05, 3.63) is 23.2 Å². The van der Waals surface area contributed by atoms with Gasteiger partial charge in [-0.2, -0.15) is 5.26 Å². The van der Waals surface area contributed by atoms with Crippen LogP contribution in [0.2, 0.25) is 5.02 Å². The van der Waals surface area contributed by atoms with Crippen LogP contribution < -0.4 is 16.0 Å². The lowest BCUT2D eigenvalue weighted by Gasteiger charge is -2.15. The molecule has 21 heavy (non-hydrogen) atoms. The summed E-state index contributed by atoms with van der Waals surface area (Å²) in [5.74, 6) is -0.202. The Morgan fingerprint density at radius 1 is 1.38 bits per heavy atom. The molecule has 0 aliphatic heterocycles. The molecule has 7 heteroatoms. The van der Waals surface area contributed by atoms with Crippen LogP contribution >= 0.6 is 11.6 Å². The predicted octanol–water partition coefficient (Wildman–Crippen LogP) is 3.11. The smallest absolute Gasteiger partial charge is 0.319 e. The summed E-state index contributed by atoms with van der Waals surface area (Å²) in [6, 6.07) is 6.17. The van der Waals surface area contributed by atoms with Gasteiger partial charge < -0.3 is 16.0 Å². The molecule has 6 nitrogen and oxygen atoms in total. The normalized spacial score (nSPS) is 11.1. The highest BCUT2D eigenvalue weighted by atomic mass is 35.5. The molecule has 0 fully saturated rings. The third-order valence-corrected chi connectivity index (χ3v) is 3.02. The van der Waals surface area contributed by atoms with E-state index in [9.17, 15) is 9.59 Å². The standard InChI is InChI=1S/C14H17ClN4O2/c1-3-10(6-7-16)18-14(21)19-13-5-4-11(8-12(13)15)17-9(2)20/h4-5,8,10H,3,6H2,1-2H3,(H,17,20)(H2,18,19,21). The van der Waals surface area contributed by atoms with Gasteiger partial charge in [-0.1, -0.05) is 18.5 Å². The molecule has 1 aromatic carbocycles. The van der Waals surface area contributed by atoms with Gasteiger partial charge in [0.15, 0.2) is 0 Å². The van der Waals surface area contributed by atoms with Crippen molar-refractivity contribution in [2.24, 2.45) is 0 Å². The number of rotatable bonds is 5. The van der Waals surface area contributed by atoms with Gasteiger partial charge in [-0.05, 0) is 24.6 Å². The predicted molar refractivity (Wildman–Crippen MR) is 82.2 cm³/mol. The molecule has 0 heterocycles. The number of nitrogens with one attached hydrogen (secondary N) is 3. The number of carbonyl (C=O) groups excluding carboxylic acids is 2. The minimum Gasteiger partial charge on any atom is -0.334 e. The maximum atomic E-state index is 11.8. The van der Waals surface area contributed by atoms with Crippen LogP contribution in [0.15, 0.2) is 18.2 Å². The largest absolute Gasteiger partial charge is 0.334 e. The van der Waals surface area contributed by atoms with E-state index in [1.54, 1.807) is 18.2 Å². The minimum absolute atomic E-state index is 0.201. The van der Waals surface area contributed by atoms with E-state index >= 15 is 0 Å². The van der Waals surface area contributed by atoms with Crippen LogP contribution in [0.5, 0.6) is 0 Å². The number of halogens is 1. The van der Waals surface area contributed by atoms with Gasteiger partial charge >= 0.3 is 6.03 Å². The number of hydrogen-bond donors (Lipinski definition) is 3. The van der Waals surface area contributed by atoms with E-state index in [-0.39, 0.29) is 18.4 Å². The number of benzene rings is 1. The van der Waals surface area contributed by atoms with E-state index in [2.05, 4.69) is 16.0 Å². The van der Waals surface area contributed by atoms with Crippen LogP contribution in [0, 0.1) is 11.3 Å². The van der Waals surface area contributed by atoms with E-state index in [1.807, 2.05) is 13.0 Å². The summed E-state index contributed by atoms with van der Waals surface area (Å²) < 4.78 is 0. The number of anilines is 2. The van der Waals surface area contributed by atoms with Gasteiger partial charge in [0.1, 0.15) is 0 Å². The van der Waals surface area contributed by atoms with E-state index in [1.165, 1.54) is 6.92 Å². The molecule has 0 saturated heterocycles. The summed E-state index contributed by atoms with van der Waals surface area (Å²) >= 11 is 6.04. The van der Waals surface area contributed by atoms with E-state index in [0.29, 0.717) is 22.8 Å². The molecule has 0 aliphatic carbocycles. The molecule has 0 saturated carbocycles. The average molecular weight is 309 g/mol. The van der Waals surface area contributed by atoms with Crippen molar-refractivity contribution in [3.8, 4) is 6.07 Å². The maximum absolute atomic E-state index is 11.8. The second-order valence-electron chi connectivity index (χ2n) is 4.44. The lowest BCUT2D eigenvalue weighted by atomic mass is 10.2. The summed E-state index contributed by atoms with van der Waals surface area (Å²) in [4.78, 5) is 22.8. The molecule has 112 valence electrons. The fourth-order valence-corrected chi connectivity index (χ4v) is 1.88. The summed E-state index contributed by atoms with van der Waals surface area (Å²) in [5.41, 5.74) is 0.976. The monoisotopic (exact) mass is 308 g/mol. The third-order valence-electron chi connectivity index (χ3n) is 2.70. The summed E-state index contributed by atoms with van der Waals surface area (Å²) in [7, 11) is 0. The molecule has 0 bridgehead atoms. The van der Waals surface area contributed by atoms with Gasteiger partial charge in [0.05, 0.1) is 23.2 Å². The third kappa shape index (κ3) is 5.71. The fourth-order valence-electron chi connectivity index (χ4n) is 1.65. The molecular formula is C14H17ClN4O2. The zero-order valence-electron chi connectivity index (χ0n) is 11.9. The number of carbonyl (C=O) groups is 2. The van der Waals surface area contributed by atoms with Crippen molar-refractivity contribution in [2.45, 2.75) is 32.7 Å². The number of nitrogens with zero attached hydrogens (tertiary/aromatic N) is 1. The maximum Gasteiger partial charge on any atom is 0.319 e. The molecule has 1 atom stereocenters. The average Bonchev–Trinajstić information content (AvgIpc) is 2.40. The van der Waals surface area contributed by atoms with E-state index < -0.39 is 6.03 Å². The van der Waals surface area contributed by atoms with Gasteiger partial charge in [0.2, 0.25) is 5.91 Å². The van der Waals surface area contributed by atoms with Gasteiger partial charge in [0, 0.05) is 18.7 Å². The number of urea groups is 1. The number of amides is 3. The van der Waals surface area contributed by atoms with Crippen LogP contribution in [-0.4, -0.2) is 18.0 Å². The van der Waals surface area contributed by atoms with Crippen LogP contribution in [0.4, 0.5) is 16.2 Å². The molecular weight excluding hydrogens is 292 g/mol. The highest BCUT2D eigenvalue weighted by Crippen LogP contribution is 2.25. The first kappa shape index (κ1) is 16.8. The van der Waals surface area contributed by atoms with Gasteiger partial charge in [-0.25, -0.2) is 4.79 Å². The first-order valence-electron chi connectivity index (χ1n) is 6.47. The lowest BCUT2D eigenvalue weighted by molar-refractivity contribution is -0.114. The van der Waals surface area contributed by atoms with Crippen LogP contribution in [0.1, 0.15) is 26.7 Å². The lowest BCUT2D eigenvalue weighted by Crippen LogP contribution is -2.37. The molecule has 1 unspecified atom stereocenters. The van der Waals surface area contributed by atoms with E-state index in [0.717, 1.165) is 0 Å². The van der Waals surface area contributed by atoms with Crippen molar-refractivity contribution in [3.63, 3.8) is 0 Å². The molecule has 0 aromatic heterocycles. The Balaban J connectivity index is 2.68. The first-order valence-corrected chi connectivity index (χ1v) is 6.85. The zero-order valence-corrected chi connectivity index (χ0v) is 12.6. The Hall–Kier alpha value is -2.26. The second kappa shape index (κ2) is 8.12. The van der Waals surface area contributed by atoms with Crippen molar-refractivity contribution in [2.75, 3.05) is 10.6 Å². The Bertz CT molecular complexity index is 569. The molecule has 1 rings (SSSR count). The van der Waals surface area contributed by atoms with Gasteiger partial charge in [-0.15, -0.1) is 0 Å². The zero-order chi connectivity index (χ0) is 15.8. The minimum atomic E-state index is -0.425. The quantitative estimate of drug-likeness (QED) is 0.780. The van der Waals surface area contributed by atoms with Crippen LogP contribution in [-0.2, 0) is 4.79 Å². The molecule has 3 amide bonds. The Morgan fingerprint density at radius 2 is 2.10 bits per heavy atom. The number of hydrogen-bond acceptors (Lipinski definition) is 3. The van der Waals surface area contributed by atoms with Gasteiger partial charge in [-0.3, -0.25) is 4.79 Å². The molecule has 0 aliphatic rings. The molecule has 0 spiro atoms. The fraction of sp³-hybridized carbons (Fsp3) is 0.357. The van der Waals surface area contributed by atoms with Crippen molar-refractivity contribution >= 4 is 34.9 Å². The first-order chi connectivity index (χ1) is 9.96. The highest BCUT2D eigenvalue weighted by Gasteiger charge is 2.11. The SMILES string of the molecule is CCC(CC#N)NC(=O)Nc1ccc(NC(C)=O)cc1Cl. The van der Waals surface area contributed by atoms with Crippen molar-refractivity contribution < 1.29 is 9.59 Å². The molecule has 0 radical (unpaired) electrons. The topological polar surface area (TPSA) is 94.0 Å². The summed E-state index contributed by atoms with van der Waals surface area (Å²) in [6.07, 6.45) is 0.912. The second-order valence-corrected chi connectivity index (χ2v) is 4.85. The van der Waals surface area contributed by atoms with Crippen LogP contribution in [0.25, 0.3) is 0 Å². The molecule has 1 aromatic rings. The highest BCUT2D eigenvalue weighted by molar-refractivity contribution is 6.34. The number of nitriles is 1. The Labute approximate surface area is 128 Å². The van der Waals surface area contributed by atoms with Crippen LogP contribution in [0.3, 0.4) is 0 Å². The van der Waals surface area contributed by atoms with Crippen molar-refractivity contribution in [1.29, 1.82) is 5.26 Å². The summed E-state index contributed by atoms with van der Waals surface area (Å²) in [6.45, 7) is 3.28. The van der Waals surface area contributed by atoms with Crippen molar-refractivity contribution in [1.82, 2.24) is 5.32 Å². The van der Waals surface area contributed by atoms with Gasteiger partial charge in [0.25, 0.3) is 0 Å². The summed E-state index contributed by atoms with van der Waals surface area (Å²) in [5, 5.41) is 16.8.